The number of anilines is 2. The third-order valence-corrected chi connectivity index (χ3v) is 3.33. The Kier molecular flexibility index (Phi) is 4.57. The molecule has 0 aliphatic heterocycles. The minimum atomic E-state index is -0.484. The molecule has 0 spiro atoms. The van der Waals surface area contributed by atoms with Crippen LogP contribution in [0.25, 0.3) is 0 Å². The topological polar surface area (TPSA) is 102 Å². The van der Waals surface area contributed by atoms with Crippen molar-refractivity contribution in [1.82, 2.24) is 4.98 Å². The quantitative estimate of drug-likeness (QED) is 0.530. The number of hydrogen-bond acceptors (Lipinski definition) is 5. The van der Waals surface area contributed by atoms with E-state index in [4.69, 9.17) is 17.3 Å². The van der Waals surface area contributed by atoms with Gasteiger partial charge in [0.15, 0.2) is 5.15 Å². The number of aromatic nitrogens is 1. The van der Waals surface area contributed by atoms with Gasteiger partial charge in [-0.3, -0.25) is 14.9 Å². The lowest BCUT2D eigenvalue weighted by Gasteiger charge is -2.23. The monoisotopic (exact) mass is 320 g/mol. The standard InChI is InChI=1S/C14H13ClN4O3/c1-9(20)18(13-12(16)6-7-17-14(13)15)8-10-2-4-11(5-3-10)19(21)22/h2-7H,8H2,1H3,(H2,16,17). The first-order valence-corrected chi connectivity index (χ1v) is 6.69. The molecule has 8 heteroatoms. The molecule has 2 rings (SSSR count). The maximum absolute atomic E-state index is 11.9. The van der Waals surface area contributed by atoms with Crippen LogP contribution in [0.1, 0.15) is 12.5 Å². The molecule has 0 aliphatic rings. The van der Waals surface area contributed by atoms with Crippen molar-refractivity contribution in [1.29, 1.82) is 0 Å². The van der Waals surface area contributed by atoms with Crippen LogP contribution >= 0.6 is 11.6 Å². The summed E-state index contributed by atoms with van der Waals surface area (Å²) in [6.45, 7) is 1.57. The zero-order chi connectivity index (χ0) is 16.3. The normalized spacial score (nSPS) is 10.3. The number of nitro benzene ring substituents is 1. The number of rotatable bonds is 4. The molecule has 0 bridgehead atoms. The van der Waals surface area contributed by atoms with Crippen LogP contribution in [0, 0.1) is 10.1 Å². The highest BCUT2D eigenvalue weighted by atomic mass is 35.5. The molecular formula is C14H13ClN4O3. The van der Waals surface area contributed by atoms with Gasteiger partial charge in [-0.05, 0) is 11.6 Å². The second-order valence-corrected chi connectivity index (χ2v) is 4.93. The molecule has 0 atom stereocenters. The smallest absolute Gasteiger partial charge is 0.269 e. The summed E-state index contributed by atoms with van der Waals surface area (Å²) < 4.78 is 0. The Morgan fingerprint density at radius 2 is 2.00 bits per heavy atom. The number of amides is 1. The van der Waals surface area contributed by atoms with E-state index in [1.807, 2.05) is 0 Å². The van der Waals surface area contributed by atoms with Gasteiger partial charge >= 0.3 is 0 Å². The summed E-state index contributed by atoms with van der Waals surface area (Å²) in [7, 11) is 0. The second kappa shape index (κ2) is 6.40. The van der Waals surface area contributed by atoms with Gasteiger partial charge in [-0.15, -0.1) is 0 Å². The van der Waals surface area contributed by atoms with E-state index in [0.717, 1.165) is 0 Å². The van der Waals surface area contributed by atoms with E-state index in [1.165, 1.54) is 30.2 Å². The van der Waals surface area contributed by atoms with Crippen LogP contribution in [0.2, 0.25) is 5.15 Å². The molecule has 0 aliphatic carbocycles. The molecule has 0 saturated heterocycles. The number of nitrogen functional groups attached to an aromatic ring is 1. The lowest BCUT2D eigenvalue weighted by Crippen LogP contribution is -2.29. The Hall–Kier alpha value is -2.67. The molecule has 7 nitrogen and oxygen atoms in total. The van der Waals surface area contributed by atoms with Crippen LogP contribution < -0.4 is 10.6 Å². The van der Waals surface area contributed by atoms with Gasteiger partial charge in [0, 0.05) is 25.3 Å². The Balaban J connectivity index is 2.34. The van der Waals surface area contributed by atoms with E-state index in [2.05, 4.69) is 4.98 Å². The molecule has 2 aromatic rings. The van der Waals surface area contributed by atoms with Crippen LogP contribution in [-0.4, -0.2) is 15.8 Å². The second-order valence-electron chi connectivity index (χ2n) is 4.57. The van der Waals surface area contributed by atoms with E-state index in [1.54, 1.807) is 18.2 Å². The molecule has 114 valence electrons. The van der Waals surface area contributed by atoms with Gasteiger partial charge in [0.05, 0.1) is 17.2 Å². The van der Waals surface area contributed by atoms with E-state index in [0.29, 0.717) is 16.9 Å². The maximum atomic E-state index is 11.9. The van der Waals surface area contributed by atoms with Gasteiger partial charge in [0.1, 0.15) is 5.69 Å². The third kappa shape index (κ3) is 3.32. The highest BCUT2D eigenvalue weighted by Gasteiger charge is 2.19. The van der Waals surface area contributed by atoms with Gasteiger partial charge in [0.25, 0.3) is 5.69 Å². The number of hydrogen-bond donors (Lipinski definition) is 1. The fraction of sp³-hybridized carbons (Fsp3) is 0.143. The highest BCUT2D eigenvalue weighted by molar-refractivity contribution is 6.33. The average Bonchev–Trinajstić information content (AvgIpc) is 2.46. The molecule has 1 heterocycles. The zero-order valence-corrected chi connectivity index (χ0v) is 12.4. The predicted octanol–water partition coefficient (Wildman–Crippen LogP) is 2.78. The Morgan fingerprint density at radius 3 is 2.50 bits per heavy atom. The van der Waals surface area contributed by atoms with Gasteiger partial charge in [-0.1, -0.05) is 23.7 Å². The number of nitrogens with zero attached hydrogens (tertiary/aromatic N) is 3. The number of pyridine rings is 1. The number of non-ortho nitro benzene ring substituents is 1. The van der Waals surface area contributed by atoms with Gasteiger partial charge < -0.3 is 10.6 Å². The molecule has 1 aromatic carbocycles. The fourth-order valence-electron chi connectivity index (χ4n) is 1.96. The van der Waals surface area contributed by atoms with Crippen molar-refractivity contribution >= 4 is 34.6 Å². The van der Waals surface area contributed by atoms with Gasteiger partial charge in [-0.25, -0.2) is 4.98 Å². The summed E-state index contributed by atoms with van der Waals surface area (Å²) in [6, 6.07) is 7.46. The first kappa shape index (κ1) is 15.7. The number of benzene rings is 1. The van der Waals surface area contributed by atoms with Crippen molar-refractivity contribution in [3.8, 4) is 0 Å². The molecule has 1 aromatic heterocycles. The van der Waals surface area contributed by atoms with Crippen molar-refractivity contribution in [3.05, 3.63) is 57.4 Å². The zero-order valence-electron chi connectivity index (χ0n) is 11.7. The van der Waals surface area contributed by atoms with Gasteiger partial charge in [-0.2, -0.15) is 0 Å². The van der Waals surface area contributed by atoms with Crippen LogP contribution in [0.3, 0.4) is 0 Å². The van der Waals surface area contributed by atoms with Crippen LogP contribution in [0.15, 0.2) is 36.5 Å². The Labute approximate surface area is 131 Å². The first-order valence-electron chi connectivity index (χ1n) is 6.31. The van der Waals surface area contributed by atoms with E-state index < -0.39 is 4.92 Å². The molecule has 0 unspecified atom stereocenters. The molecule has 0 saturated carbocycles. The largest absolute Gasteiger partial charge is 0.397 e. The summed E-state index contributed by atoms with van der Waals surface area (Å²) in [6.07, 6.45) is 1.45. The van der Waals surface area contributed by atoms with Crippen LogP contribution in [-0.2, 0) is 11.3 Å². The highest BCUT2D eigenvalue weighted by Crippen LogP contribution is 2.31. The third-order valence-electron chi connectivity index (χ3n) is 3.05. The van der Waals surface area contributed by atoms with Crippen molar-refractivity contribution in [2.75, 3.05) is 10.6 Å². The van der Waals surface area contributed by atoms with Crippen LogP contribution in [0.4, 0.5) is 17.1 Å². The lowest BCUT2D eigenvalue weighted by atomic mass is 10.2. The van der Waals surface area contributed by atoms with Crippen molar-refractivity contribution < 1.29 is 9.72 Å². The van der Waals surface area contributed by atoms with E-state index in [-0.39, 0.29) is 23.3 Å². The lowest BCUT2D eigenvalue weighted by molar-refractivity contribution is -0.384. The fourth-order valence-corrected chi connectivity index (χ4v) is 2.23. The summed E-state index contributed by atoms with van der Waals surface area (Å²) in [5, 5.41) is 10.8. The Bertz CT molecular complexity index is 698. The number of nitrogens with two attached hydrogens (primary N) is 1. The van der Waals surface area contributed by atoms with Crippen molar-refractivity contribution in [3.63, 3.8) is 0 Å². The molecule has 0 radical (unpaired) electrons. The summed E-state index contributed by atoms with van der Waals surface area (Å²) in [5.74, 6) is -0.264. The molecule has 2 N–H and O–H groups in total. The number of halogens is 1. The average molecular weight is 321 g/mol. The molecule has 0 fully saturated rings. The summed E-state index contributed by atoms with van der Waals surface area (Å²) in [4.78, 5) is 27.4. The molecule has 1 amide bonds. The number of nitro groups is 1. The van der Waals surface area contributed by atoms with Crippen LogP contribution in [0.5, 0.6) is 0 Å². The Morgan fingerprint density at radius 1 is 1.36 bits per heavy atom. The number of carbonyl (C=O) groups excluding carboxylic acids is 1. The first-order chi connectivity index (χ1) is 10.4. The molecular weight excluding hydrogens is 308 g/mol. The minimum Gasteiger partial charge on any atom is -0.397 e. The number of carbonyl (C=O) groups is 1. The predicted molar refractivity (Wildman–Crippen MR) is 83.6 cm³/mol. The van der Waals surface area contributed by atoms with E-state index >= 15 is 0 Å². The van der Waals surface area contributed by atoms with Crippen molar-refractivity contribution in [2.24, 2.45) is 0 Å². The van der Waals surface area contributed by atoms with Gasteiger partial charge in [0.2, 0.25) is 5.91 Å². The summed E-state index contributed by atoms with van der Waals surface area (Å²) in [5.41, 5.74) is 7.22. The minimum absolute atomic E-state index is 0.0166. The molecule has 22 heavy (non-hydrogen) atoms. The van der Waals surface area contributed by atoms with E-state index in [9.17, 15) is 14.9 Å². The SMILES string of the molecule is CC(=O)N(Cc1ccc([N+](=O)[O-])cc1)c1c(N)ccnc1Cl. The van der Waals surface area contributed by atoms with Crippen molar-refractivity contribution in [2.45, 2.75) is 13.5 Å². The maximum Gasteiger partial charge on any atom is 0.269 e. The summed E-state index contributed by atoms with van der Waals surface area (Å²) >= 11 is 6.03.